The number of Topliss-reactive ketones (excluding diaryl/α,β-unsaturated/α-hetero) is 1. The molecule has 0 unspecified atom stereocenters. The van der Waals surface area contributed by atoms with Gasteiger partial charge >= 0.3 is 0 Å². The normalized spacial score (nSPS) is 11.6. The van der Waals surface area contributed by atoms with Gasteiger partial charge in [0.1, 0.15) is 17.8 Å². The average Bonchev–Trinajstić information content (AvgIpc) is 2.85. The number of rotatable bonds is 10. The van der Waals surface area contributed by atoms with Gasteiger partial charge in [0, 0.05) is 38.4 Å². The third kappa shape index (κ3) is 5.75. The number of ketones is 1. The highest BCUT2D eigenvalue weighted by Gasteiger charge is 2.23. The fourth-order valence-electron chi connectivity index (χ4n) is 3.24. The molecule has 32 heavy (non-hydrogen) atoms. The monoisotopic (exact) mass is 433 g/mol. The van der Waals surface area contributed by atoms with Crippen LogP contribution >= 0.6 is 0 Å². The Kier molecular flexibility index (Phi) is 8.02. The van der Waals surface area contributed by atoms with Crippen LogP contribution in [-0.2, 0) is 6.42 Å². The van der Waals surface area contributed by atoms with Crippen molar-refractivity contribution in [3.05, 3.63) is 71.9 Å². The van der Waals surface area contributed by atoms with Crippen LogP contribution in [0, 0.1) is 5.92 Å². The van der Waals surface area contributed by atoms with Crippen LogP contribution in [0.15, 0.2) is 55.1 Å². The van der Waals surface area contributed by atoms with E-state index in [2.05, 4.69) is 44.6 Å². The second kappa shape index (κ2) is 11.1. The predicted molar refractivity (Wildman–Crippen MR) is 128 cm³/mol. The number of nitrogens with zero attached hydrogens (tertiary/aromatic N) is 3. The molecule has 168 valence electrons. The van der Waals surface area contributed by atoms with Crippen molar-refractivity contribution in [2.75, 3.05) is 18.4 Å². The standard InChI is InChI=1S/C25H29N5O2.H2/c1-4-17(3)24(31)23-21(25(32)28-12-11-27-22-9-10-26-16-30-22)14-20(15-29-23)19-8-6-7-18(5-2)13-19;/h6-10,13-17H,4-5,11-12H2,1-3H3,(H,28,32)(H,26,27,30);1H/t17-;/m0./s1. The van der Waals surface area contributed by atoms with Crippen molar-refractivity contribution in [3.8, 4) is 11.1 Å². The van der Waals surface area contributed by atoms with E-state index in [-0.39, 0.29) is 24.7 Å². The minimum atomic E-state index is -0.317. The second-order valence-electron chi connectivity index (χ2n) is 7.62. The van der Waals surface area contributed by atoms with Gasteiger partial charge in [-0.3, -0.25) is 14.6 Å². The number of pyridine rings is 1. The maximum absolute atomic E-state index is 13.0. The van der Waals surface area contributed by atoms with E-state index in [0.29, 0.717) is 30.9 Å². The van der Waals surface area contributed by atoms with Crippen LogP contribution in [0.5, 0.6) is 0 Å². The third-order valence-electron chi connectivity index (χ3n) is 5.39. The van der Waals surface area contributed by atoms with Crippen LogP contribution in [0.4, 0.5) is 5.82 Å². The molecule has 0 saturated carbocycles. The SMILES string of the molecule is CCc1cccc(-c2cnc(C(=O)[C@@H](C)CC)c(C(=O)NCCNc3ccncn3)c2)c1.[HH]. The molecular formula is C25H31N5O2. The number of nitrogens with one attached hydrogen (secondary N) is 2. The van der Waals surface area contributed by atoms with Crippen molar-refractivity contribution in [1.29, 1.82) is 0 Å². The predicted octanol–water partition coefficient (Wildman–Crippen LogP) is 4.42. The van der Waals surface area contributed by atoms with Crippen LogP contribution in [0.1, 0.15) is 55.0 Å². The number of aryl methyl sites for hydroxylation is 1. The van der Waals surface area contributed by atoms with Gasteiger partial charge in [-0.25, -0.2) is 9.97 Å². The summed E-state index contributed by atoms with van der Waals surface area (Å²) in [6.07, 6.45) is 6.38. The van der Waals surface area contributed by atoms with Gasteiger partial charge in [0.2, 0.25) is 0 Å². The van der Waals surface area contributed by atoms with Crippen molar-refractivity contribution in [2.45, 2.75) is 33.6 Å². The average molecular weight is 434 g/mol. The van der Waals surface area contributed by atoms with Crippen LogP contribution in [0.2, 0.25) is 0 Å². The summed E-state index contributed by atoms with van der Waals surface area (Å²) in [5.74, 6) is 0.0388. The van der Waals surface area contributed by atoms with Gasteiger partial charge in [-0.1, -0.05) is 45.0 Å². The first-order valence-corrected chi connectivity index (χ1v) is 10.9. The molecule has 7 nitrogen and oxygen atoms in total. The summed E-state index contributed by atoms with van der Waals surface area (Å²) in [6.45, 7) is 6.76. The third-order valence-corrected chi connectivity index (χ3v) is 5.39. The van der Waals surface area contributed by atoms with E-state index >= 15 is 0 Å². The Hall–Kier alpha value is -3.61. The molecule has 0 aliphatic carbocycles. The number of carbonyl (C=O) groups is 2. The van der Waals surface area contributed by atoms with Gasteiger partial charge in [-0.15, -0.1) is 0 Å². The topological polar surface area (TPSA) is 96.9 Å². The molecule has 0 spiro atoms. The summed E-state index contributed by atoms with van der Waals surface area (Å²) in [5.41, 5.74) is 3.50. The highest BCUT2D eigenvalue weighted by molar-refractivity contribution is 6.08. The first-order valence-electron chi connectivity index (χ1n) is 10.9. The lowest BCUT2D eigenvalue weighted by Crippen LogP contribution is -2.31. The molecule has 1 amide bonds. The fourth-order valence-corrected chi connectivity index (χ4v) is 3.24. The molecule has 7 heteroatoms. The Morgan fingerprint density at radius 3 is 2.62 bits per heavy atom. The Labute approximate surface area is 190 Å². The van der Waals surface area contributed by atoms with E-state index in [1.807, 2.05) is 26.0 Å². The largest absolute Gasteiger partial charge is 0.368 e. The number of anilines is 1. The molecule has 1 atom stereocenters. The Morgan fingerprint density at radius 1 is 1.06 bits per heavy atom. The van der Waals surface area contributed by atoms with Crippen molar-refractivity contribution < 1.29 is 11.0 Å². The molecule has 3 rings (SSSR count). The molecule has 2 aromatic heterocycles. The summed E-state index contributed by atoms with van der Waals surface area (Å²) in [6, 6.07) is 11.6. The van der Waals surface area contributed by atoms with Gasteiger partial charge in [0.25, 0.3) is 5.91 Å². The summed E-state index contributed by atoms with van der Waals surface area (Å²) in [4.78, 5) is 38.3. The maximum Gasteiger partial charge on any atom is 0.253 e. The summed E-state index contributed by atoms with van der Waals surface area (Å²) >= 11 is 0. The van der Waals surface area contributed by atoms with E-state index in [1.54, 1.807) is 24.5 Å². The first kappa shape index (κ1) is 23.1. The Bertz CT molecular complexity index is 1080. The van der Waals surface area contributed by atoms with Crippen LogP contribution in [0.25, 0.3) is 11.1 Å². The maximum atomic E-state index is 13.0. The zero-order chi connectivity index (χ0) is 22.9. The lowest BCUT2D eigenvalue weighted by Gasteiger charge is -2.14. The van der Waals surface area contributed by atoms with Crippen molar-refractivity contribution in [3.63, 3.8) is 0 Å². The molecule has 0 radical (unpaired) electrons. The molecule has 2 heterocycles. The van der Waals surface area contributed by atoms with Gasteiger partial charge in [-0.2, -0.15) is 0 Å². The minimum absolute atomic E-state index is 0. The fraction of sp³-hybridized carbons (Fsp3) is 0.320. The zero-order valence-corrected chi connectivity index (χ0v) is 18.8. The minimum Gasteiger partial charge on any atom is -0.368 e. The Morgan fingerprint density at radius 2 is 1.91 bits per heavy atom. The van der Waals surface area contributed by atoms with E-state index in [4.69, 9.17) is 0 Å². The highest BCUT2D eigenvalue weighted by atomic mass is 16.2. The molecule has 0 aliphatic rings. The molecule has 0 fully saturated rings. The van der Waals surface area contributed by atoms with E-state index in [1.165, 1.54) is 11.9 Å². The molecule has 2 N–H and O–H groups in total. The number of amides is 1. The number of hydrogen-bond donors (Lipinski definition) is 2. The number of carbonyl (C=O) groups excluding carboxylic acids is 2. The highest BCUT2D eigenvalue weighted by Crippen LogP contribution is 2.24. The molecular weight excluding hydrogens is 402 g/mol. The summed E-state index contributed by atoms with van der Waals surface area (Å²) in [5, 5.41) is 6.00. The van der Waals surface area contributed by atoms with Gasteiger partial charge in [-0.05, 0) is 36.1 Å². The lowest BCUT2D eigenvalue weighted by molar-refractivity contribution is 0.0899. The first-order chi connectivity index (χ1) is 15.5. The van der Waals surface area contributed by atoms with E-state index in [9.17, 15) is 9.59 Å². The molecule has 0 saturated heterocycles. The summed E-state index contributed by atoms with van der Waals surface area (Å²) in [7, 11) is 0. The van der Waals surface area contributed by atoms with Gasteiger partial charge in [0.05, 0.1) is 5.56 Å². The van der Waals surface area contributed by atoms with Crippen molar-refractivity contribution >= 4 is 17.5 Å². The smallest absolute Gasteiger partial charge is 0.253 e. The molecule has 0 aliphatic heterocycles. The molecule has 3 aromatic rings. The van der Waals surface area contributed by atoms with Gasteiger partial charge in [0.15, 0.2) is 5.78 Å². The summed E-state index contributed by atoms with van der Waals surface area (Å²) < 4.78 is 0. The van der Waals surface area contributed by atoms with E-state index < -0.39 is 0 Å². The lowest BCUT2D eigenvalue weighted by atomic mass is 9.95. The number of hydrogen-bond acceptors (Lipinski definition) is 6. The van der Waals surface area contributed by atoms with Gasteiger partial charge < -0.3 is 10.6 Å². The van der Waals surface area contributed by atoms with Crippen LogP contribution in [-0.4, -0.2) is 39.7 Å². The number of benzene rings is 1. The quantitative estimate of drug-likeness (QED) is 0.363. The zero-order valence-electron chi connectivity index (χ0n) is 18.8. The second-order valence-corrected chi connectivity index (χ2v) is 7.62. The molecule has 0 bridgehead atoms. The van der Waals surface area contributed by atoms with E-state index in [0.717, 1.165) is 17.5 Å². The molecule has 1 aromatic carbocycles. The van der Waals surface area contributed by atoms with Crippen molar-refractivity contribution in [2.24, 2.45) is 5.92 Å². The van der Waals surface area contributed by atoms with Crippen LogP contribution < -0.4 is 10.6 Å². The number of aromatic nitrogens is 3. The van der Waals surface area contributed by atoms with Crippen LogP contribution in [0.3, 0.4) is 0 Å². The Balaban J connectivity index is 0.00000385. The van der Waals surface area contributed by atoms with Crippen molar-refractivity contribution in [1.82, 2.24) is 20.3 Å².